The molecule has 2 aromatic rings. The maximum Gasteiger partial charge on any atom is 0.255 e. The van der Waals surface area contributed by atoms with Crippen molar-refractivity contribution in [2.45, 2.75) is 0 Å². The minimum atomic E-state index is -0.238. The molecule has 0 aromatic heterocycles. The average molecular weight is 424 g/mol. The molecule has 98 valence electrons. The lowest BCUT2D eigenvalue weighted by atomic mass is 10.2. The van der Waals surface area contributed by atoms with E-state index in [4.69, 9.17) is 23.2 Å². The fourth-order valence-corrected chi connectivity index (χ4v) is 2.82. The molecule has 19 heavy (non-hydrogen) atoms. The Morgan fingerprint density at radius 2 is 1.79 bits per heavy atom. The average Bonchev–Trinajstić information content (AvgIpc) is 2.32. The number of hydrogen-bond acceptors (Lipinski definition) is 1. The maximum absolute atomic E-state index is 12.1. The van der Waals surface area contributed by atoms with Gasteiger partial charge in [-0.1, -0.05) is 39.1 Å². The number of carbonyl (C=O) groups excluding carboxylic acids is 1. The molecule has 2 aromatic carbocycles. The van der Waals surface area contributed by atoms with Crippen molar-refractivity contribution in [1.82, 2.24) is 0 Å². The summed E-state index contributed by atoms with van der Waals surface area (Å²) in [6.45, 7) is 0. The highest BCUT2D eigenvalue weighted by molar-refractivity contribution is 9.10. The van der Waals surface area contributed by atoms with Crippen LogP contribution in [0.4, 0.5) is 5.69 Å². The van der Waals surface area contributed by atoms with Gasteiger partial charge in [-0.05, 0) is 52.3 Å². The lowest BCUT2D eigenvalue weighted by Crippen LogP contribution is -2.11. The van der Waals surface area contributed by atoms with E-state index < -0.39 is 0 Å². The van der Waals surface area contributed by atoms with Crippen molar-refractivity contribution in [2.75, 3.05) is 5.32 Å². The Balaban J connectivity index is 2.22. The summed E-state index contributed by atoms with van der Waals surface area (Å²) in [4.78, 5) is 12.1. The van der Waals surface area contributed by atoms with E-state index in [1.165, 1.54) is 0 Å². The highest BCUT2D eigenvalue weighted by Crippen LogP contribution is 2.26. The molecule has 2 nitrogen and oxygen atoms in total. The summed E-state index contributed by atoms with van der Waals surface area (Å²) < 4.78 is 1.47. The molecule has 0 saturated heterocycles. The summed E-state index contributed by atoms with van der Waals surface area (Å²) in [5.41, 5.74) is 1.13. The van der Waals surface area contributed by atoms with Gasteiger partial charge in [0.25, 0.3) is 5.91 Å². The Morgan fingerprint density at radius 1 is 1.05 bits per heavy atom. The molecule has 0 bridgehead atoms. The SMILES string of the molecule is O=C(Nc1ccc(Cl)c(Br)c1)c1cc(Cl)cc(Br)c1. The molecule has 0 unspecified atom stereocenters. The minimum Gasteiger partial charge on any atom is -0.322 e. The van der Waals surface area contributed by atoms with Crippen LogP contribution in [-0.4, -0.2) is 5.91 Å². The van der Waals surface area contributed by atoms with Gasteiger partial charge in [-0.2, -0.15) is 0 Å². The van der Waals surface area contributed by atoms with Gasteiger partial charge in [0.1, 0.15) is 0 Å². The van der Waals surface area contributed by atoms with Gasteiger partial charge in [0.2, 0.25) is 0 Å². The van der Waals surface area contributed by atoms with E-state index in [0.717, 1.165) is 8.95 Å². The number of benzene rings is 2. The second kappa shape index (κ2) is 6.27. The second-order valence-corrected chi connectivity index (χ2v) is 6.35. The first-order valence-corrected chi connectivity index (χ1v) is 7.52. The molecule has 0 aliphatic rings. The number of nitrogens with one attached hydrogen (secondary N) is 1. The van der Waals surface area contributed by atoms with Crippen LogP contribution in [0.3, 0.4) is 0 Å². The number of amides is 1. The van der Waals surface area contributed by atoms with Crippen LogP contribution in [0.5, 0.6) is 0 Å². The van der Waals surface area contributed by atoms with Crippen LogP contribution in [0.15, 0.2) is 45.3 Å². The van der Waals surface area contributed by atoms with Gasteiger partial charge in [0.05, 0.1) is 5.02 Å². The van der Waals surface area contributed by atoms with Crippen molar-refractivity contribution in [3.8, 4) is 0 Å². The van der Waals surface area contributed by atoms with Crippen LogP contribution >= 0.6 is 55.1 Å². The third-order valence-corrected chi connectivity index (χ3v) is 4.19. The van der Waals surface area contributed by atoms with E-state index in [9.17, 15) is 4.79 Å². The van der Waals surface area contributed by atoms with Gasteiger partial charge in [0.15, 0.2) is 0 Å². The van der Waals surface area contributed by atoms with Crippen LogP contribution in [0.1, 0.15) is 10.4 Å². The van der Waals surface area contributed by atoms with E-state index >= 15 is 0 Å². The Labute approximate surface area is 137 Å². The molecule has 0 spiro atoms. The fraction of sp³-hybridized carbons (Fsp3) is 0. The number of hydrogen-bond donors (Lipinski definition) is 1. The Morgan fingerprint density at radius 3 is 2.42 bits per heavy atom. The first kappa shape index (κ1) is 14.9. The zero-order chi connectivity index (χ0) is 14.0. The first-order valence-electron chi connectivity index (χ1n) is 5.18. The molecule has 0 aliphatic heterocycles. The molecule has 6 heteroatoms. The summed E-state index contributed by atoms with van der Waals surface area (Å²) in [6, 6.07) is 10.2. The molecule has 1 amide bonds. The topological polar surface area (TPSA) is 29.1 Å². The Hall–Kier alpha value is -0.550. The lowest BCUT2D eigenvalue weighted by Gasteiger charge is -2.07. The maximum atomic E-state index is 12.1. The monoisotopic (exact) mass is 421 g/mol. The van der Waals surface area contributed by atoms with Gasteiger partial charge >= 0.3 is 0 Å². The normalized spacial score (nSPS) is 10.3. The predicted octanol–water partition coefficient (Wildman–Crippen LogP) is 5.77. The second-order valence-electron chi connectivity index (χ2n) is 3.74. The molecule has 0 fully saturated rings. The lowest BCUT2D eigenvalue weighted by molar-refractivity contribution is 0.102. The van der Waals surface area contributed by atoms with Gasteiger partial charge in [0, 0.05) is 25.2 Å². The van der Waals surface area contributed by atoms with Gasteiger partial charge in [-0.15, -0.1) is 0 Å². The van der Waals surface area contributed by atoms with E-state index in [1.807, 2.05) is 0 Å². The van der Waals surface area contributed by atoms with E-state index in [-0.39, 0.29) is 5.91 Å². The Kier molecular flexibility index (Phi) is 4.90. The van der Waals surface area contributed by atoms with Crippen molar-refractivity contribution >= 4 is 66.7 Å². The van der Waals surface area contributed by atoms with Gasteiger partial charge < -0.3 is 5.32 Å². The third-order valence-electron chi connectivity index (χ3n) is 2.30. The van der Waals surface area contributed by atoms with Crippen LogP contribution < -0.4 is 5.32 Å². The number of halogens is 4. The predicted molar refractivity (Wildman–Crippen MR) is 86.3 cm³/mol. The molecular formula is C13H7Br2Cl2NO. The molecule has 2 rings (SSSR count). The molecule has 0 radical (unpaired) electrons. The molecule has 0 atom stereocenters. The summed E-state index contributed by atoms with van der Waals surface area (Å²) in [6.07, 6.45) is 0. The molecular weight excluding hydrogens is 417 g/mol. The van der Waals surface area contributed by atoms with Crippen molar-refractivity contribution in [2.24, 2.45) is 0 Å². The molecule has 0 saturated carbocycles. The summed E-state index contributed by atoms with van der Waals surface area (Å²) >= 11 is 18.4. The number of rotatable bonds is 2. The van der Waals surface area contributed by atoms with Crippen LogP contribution in [-0.2, 0) is 0 Å². The highest BCUT2D eigenvalue weighted by atomic mass is 79.9. The van der Waals surface area contributed by atoms with E-state index in [1.54, 1.807) is 36.4 Å². The van der Waals surface area contributed by atoms with E-state index in [0.29, 0.717) is 21.3 Å². The quantitative estimate of drug-likeness (QED) is 0.652. The van der Waals surface area contributed by atoms with Crippen LogP contribution in [0.2, 0.25) is 10.0 Å². The molecule has 1 N–H and O–H groups in total. The zero-order valence-corrected chi connectivity index (χ0v) is 14.1. The fourth-order valence-electron chi connectivity index (χ4n) is 1.46. The van der Waals surface area contributed by atoms with Crippen molar-refractivity contribution in [1.29, 1.82) is 0 Å². The van der Waals surface area contributed by atoms with E-state index in [2.05, 4.69) is 37.2 Å². The van der Waals surface area contributed by atoms with Gasteiger partial charge in [-0.3, -0.25) is 4.79 Å². The smallest absolute Gasteiger partial charge is 0.255 e. The van der Waals surface area contributed by atoms with Crippen molar-refractivity contribution in [3.63, 3.8) is 0 Å². The van der Waals surface area contributed by atoms with Gasteiger partial charge in [-0.25, -0.2) is 0 Å². The third kappa shape index (κ3) is 3.96. The number of carbonyl (C=O) groups is 1. The largest absolute Gasteiger partial charge is 0.322 e. The van der Waals surface area contributed by atoms with Crippen LogP contribution in [0.25, 0.3) is 0 Å². The zero-order valence-electron chi connectivity index (χ0n) is 9.38. The van der Waals surface area contributed by atoms with Crippen LogP contribution in [0, 0.1) is 0 Å². The number of anilines is 1. The highest BCUT2D eigenvalue weighted by Gasteiger charge is 2.09. The standard InChI is InChI=1S/C13H7Br2Cl2NO/c14-8-3-7(4-9(16)5-8)13(19)18-10-1-2-12(17)11(15)6-10/h1-6H,(H,18,19). The summed E-state index contributed by atoms with van der Waals surface area (Å²) in [5.74, 6) is -0.238. The minimum absolute atomic E-state index is 0.238. The summed E-state index contributed by atoms with van der Waals surface area (Å²) in [5, 5.41) is 3.86. The molecule has 0 aliphatic carbocycles. The first-order chi connectivity index (χ1) is 8.95. The molecule has 0 heterocycles. The Bertz CT molecular complexity index is 626. The van der Waals surface area contributed by atoms with Crippen molar-refractivity contribution < 1.29 is 4.79 Å². The summed E-state index contributed by atoms with van der Waals surface area (Å²) in [7, 11) is 0. The van der Waals surface area contributed by atoms with Crippen molar-refractivity contribution in [3.05, 3.63) is 61.0 Å².